The van der Waals surface area contributed by atoms with Crippen molar-refractivity contribution in [3.05, 3.63) is 0 Å². The topological polar surface area (TPSA) is 133 Å². The number of hydrogen-bond acceptors (Lipinski definition) is 6. The molecule has 1 heterocycles. The Morgan fingerprint density at radius 3 is 2.14 bits per heavy atom. The summed E-state index contributed by atoms with van der Waals surface area (Å²) < 4.78 is 4.46. The molecule has 14 heavy (non-hydrogen) atoms. The van der Waals surface area contributed by atoms with Crippen LogP contribution in [0.5, 0.6) is 0 Å². The van der Waals surface area contributed by atoms with Crippen molar-refractivity contribution >= 4 is 18.4 Å². The van der Waals surface area contributed by atoms with Crippen molar-refractivity contribution in [3.8, 4) is 0 Å². The van der Waals surface area contributed by atoms with Gasteiger partial charge in [0.2, 0.25) is 0 Å². The highest BCUT2D eigenvalue weighted by Crippen LogP contribution is 2.18. The summed E-state index contributed by atoms with van der Waals surface area (Å²) in [5, 5.41) is 35.8. The number of halogens is 1. The van der Waals surface area contributed by atoms with Crippen molar-refractivity contribution in [1.82, 2.24) is 0 Å². The Morgan fingerprint density at radius 1 is 1.21 bits per heavy atom. The maximum absolute atomic E-state index is 10.4. The number of aliphatic hydroxyl groups is 3. The predicted octanol–water partition coefficient (Wildman–Crippen LogP) is -2.74. The lowest BCUT2D eigenvalue weighted by Crippen LogP contribution is -2.62. The van der Waals surface area contributed by atoms with Gasteiger partial charge in [-0.3, -0.25) is 0 Å². The molecule has 1 saturated heterocycles. The zero-order valence-corrected chi connectivity index (χ0v) is 7.79. The van der Waals surface area contributed by atoms with Crippen LogP contribution >= 0.6 is 12.4 Å². The number of hydrogen-bond donors (Lipinski definition) is 5. The quantitative estimate of drug-likeness (QED) is 0.329. The minimum absolute atomic E-state index is 0. The van der Waals surface area contributed by atoms with Crippen LogP contribution in [0.4, 0.5) is 0 Å². The lowest BCUT2D eigenvalue weighted by molar-refractivity contribution is -0.244. The Balaban J connectivity index is 0.00000169. The van der Waals surface area contributed by atoms with Crippen LogP contribution in [0.25, 0.3) is 0 Å². The molecule has 84 valence electrons. The number of carbonyl (C=O) groups is 1. The van der Waals surface area contributed by atoms with Gasteiger partial charge >= 0.3 is 5.97 Å². The number of rotatable bonds is 1. The van der Waals surface area contributed by atoms with E-state index in [1.807, 2.05) is 0 Å². The van der Waals surface area contributed by atoms with E-state index in [0.29, 0.717) is 0 Å². The van der Waals surface area contributed by atoms with Crippen molar-refractivity contribution in [2.45, 2.75) is 30.6 Å². The molecule has 1 aliphatic heterocycles. The molecular formula is C6H12ClNO6. The number of carboxylic acids is 1. The first-order chi connectivity index (χ1) is 5.95. The molecule has 8 heteroatoms. The Hall–Kier alpha value is -0.440. The second-order valence-corrected chi connectivity index (χ2v) is 2.84. The highest BCUT2D eigenvalue weighted by Gasteiger charge is 2.45. The summed E-state index contributed by atoms with van der Waals surface area (Å²) in [7, 11) is 0. The van der Waals surface area contributed by atoms with Gasteiger partial charge in [0.25, 0.3) is 0 Å². The average molecular weight is 230 g/mol. The summed E-state index contributed by atoms with van der Waals surface area (Å²) in [5.41, 5.74) is 5.20. The fourth-order valence-corrected chi connectivity index (χ4v) is 1.10. The molecule has 0 saturated carbocycles. The largest absolute Gasteiger partial charge is 0.479 e. The van der Waals surface area contributed by atoms with Crippen LogP contribution in [-0.2, 0) is 9.53 Å². The molecule has 0 aromatic heterocycles. The Bertz CT molecular complexity index is 214. The van der Waals surface area contributed by atoms with Crippen LogP contribution < -0.4 is 5.73 Å². The number of ether oxygens (including phenoxy) is 1. The van der Waals surface area contributed by atoms with Crippen LogP contribution in [0.15, 0.2) is 0 Å². The second kappa shape index (κ2) is 4.87. The lowest BCUT2D eigenvalue weighted by Gasteiger charge is -2.36. The van der Waals surface area contributed by atoms with Crippen LogP contribution in [0, 0.1) is 0 Å². The second-order valence-electron chi connectivity index (χ2n) is 2.84. The van der Waals surface area contributed by atoms with Gasteiger partial charge in [0.1, 0.15) is 12.2 Å². The first-order valence-electron chi connectivity index (χ1n) is 3.63. The minimum atomic E-state index is -1.65. The van der Waals surface area contributed by atoms with E-state index < -0.39 is 36.6 Å². The summed E-state index contributed by atoms with van der Waals surface area (Å²) in [6.45, 7) is 0. The fraction of sp³-hybridized carbons (Fsp3) is 0.833. The van der Waals surface area contributed by atoms with Gasteiger partial charge in [-0.1, -0.05) is 0 Å². The third-order valence-electron chi connectivity index (χ3n) is 1.91. The molecule has 0 aromatic rings. The van der Waals surface area contributed by atoms with Gasteiger partial charge in [-0.2, -0.15) is 0 Å². The summed E-state index contributed by atoms with van der Waals surface area (Å²) in [4.78, 5) is 10.4. The average Bonchev–Trinajstić information content (AvgIpc) is 2.07. The lowest BCUT2D eigenvalue weighted by atomic mass is 9.98. The Kier molecular flexibility index (Phi) is 4.72. The molecule has 1 aliphatic rings. The van der Waals surface area contributed by atoms with E-state index >= 15 is 0 Å². The third-order valence-corrected chi connectivity index (χ3v) is 1.91. The Morgan fingerprint density at radius 2 is 1.71 bits per heavy atom. The maximum atomic E-state index is 10.4. The van der Waals surface area contributed by atoms with Crippen molar-refractivity contribution < 1.29 is 30.0 Å². The van der Waals surface area contributed by atoms with Crippen molar-refractivity contribution in [3.63, 3.8) is 0 Å². The van der Waals surface area contributed by atoms with E-state index in [0.717, 1.165) is 0 Å². The van der Waals surface area contributed by atoms with Crippen LogP contribution in [0.2, 0.25) is 0 Å². The van der Waals surface area contributed by atoms with Gasteiger partial charge in [0, 0.05) is 0 Å². The van der Waals surface area contributed by atoms with E-state index in [1.165, 1.54) is 0 Å². The zero-order chi connectivity index (χ0) is 10.2. The van der Waals surface area contributed by atoms with Gasteiger partial charge in [0.05, 0.1) is 6.04 Å². The van der Waals surface area contributed by atoms with E-state index in [2.05, 4.69) is 4.74 Å². The predicted molar refractivity (Wildman–Crippen MR) is 45.8 cm³/mol. The zero-order valence-electron chi connectivity index (χ0n) is 6.98. The molecular weight excluding hydrogens is 218 g/mol. The number of nitrogens with two attached hydrogens (primary N) is 1. The first kappa shape index (κ1) is 13.6. The molecule has 0 aromatic carbocycles. The van der Waals surface area contributed by atoms with Gasteiger partial charge in [0.15, 0.2) is 12.4 Å². The van der Waals surface area contributed by atoms with Gasteiger partial charge < -0.3 is 30.9 Å². The summed E-state index contributed by atoms with van der Waals surface area (Å²) >= 11 is 0. The standard InChI is InChI=1S/C6H11NO6.ClH/c7-1-2(8)3(9)4(5(10)11)13-6(1)12;/h1-4,6,8-9,12H,7H2,(H,10,11);1H/t1-,2-,3-,4+,6?;/m1./s1. The van der Waals surface area contributed by atoms with Crippen molar-refractivity contribution in [1.29, 1.82) is 0 Å². The van der Waals surface area contributed by atoms with Gasteiger partial charge in [-0.25, -0.2) is 4.79 Å². The molecule has 0 radical (unpaired) electrons. The van der Waals surface area contributed by atoms with Crippen molar-refractivity contribution in [2.75, 3.05) is 0 Å². The number of aliphatic carboxylic acids is 1. The summed E-state index contributed by atoms with van der Waals surface area (Å²) in [5.74, 6) is -1.46. The Labute approximate surface area is 85.5 Å². The molecule has 0 amide bonds. The first-order valence-corrected chi connectivity index (χ1v) is 3.63. The summed E-state index contributed by atoms with van der Waals surface area (Å²) in [6.07, 6.45) is -6.37. The highest BCUT2D eigenvalue weighted by atomic mass is 35.5. The molecule has 1 unspecified atom stereocenters. The van der Waals surface area contributed by atoms with E-state index in [1.54, 1.807) is 0 Å². The number of carboxylic acid groups (broad SMARTS) is 1. The van der Waals surface area contributed by atoms with Crippen LogP contribution in [-0.4, -0.2) is 57.0 Å². The number of aliphatic hydroxyl groups excluding tert-OH is 3. The SMILES string of the molecule is Cl.N[C@H]1C(O)O[C@H](C(=O)O)[C@H](O)[C@@H]1O. The van der Waals surface area contributed by atoms with E-state index in [4.69, 9.17) is 26.2 Å². The molecule has 1 rings (SSSR count). The van der Waals surface area contributed by atoms with E-state index in [9.17, 15) is 4.79 Å². The minimum Gasteiger partial charge on any atom is -0.479 e. The normalized spacial score (nSPS) is 42.7. The molecule has 7 nitrogen and oxygen atoms in total. The smallest absolute Gasteiger partial charge is 0.335 e. The maximum Gasteiger partial charge on any atom is 0.335 e. The third kappa shape index (κ3) is 2.32. The molecule has 0 spiro atoms. The van der Waals surface area contributed by atoms with Crippen LogP contribution in [0.1, 0.15) is 0 Å². The molecule has 0 bridgehead atoms. The summed E-state index contributed by atoms with van der Waals surface area (Å²) in [6, 6.07) is -1.20. The van der Waals surface area contributed by atoms with Gasteiger partial charge in [-0.15, -0.1) is 12.4 Å². The highest BCUT2D eigenvalue weighted by molar-refractivity contribution is 5.85. The van der Waals surface area contributed by atoms with Gasteiger partial charge in [-0.05, 0) is 0 Å². The molecule has 5 atom stereocenters. The molecule has 6 N–H and O–H groups in total. The molecule has 1 fully saturated rings. The van der Waals surface area contributed by atoms with E-state index in [-0.39, 0.29) is 12.4 Å². The monoisotopic (exact) mass is 229 g/mol. The molecule has 0 aliphatic carbocycles. The van der Waals surface area contributed by atoms with Crippen LogP contribution in [0.3, 0.4) is 0 Å². The van der Waals surface area contributed by atoms with Crippen molar-refractivity contribution in [2.24, 2.45) is 5.73 Å². The fourth-order valence-electron chi connectivity index (χ4n) is 1.10.